The minimum absolute atomic E-state index is 0.149. The van der Waals surface area contributed by atoms with Crippen LogP contribution in [0.3, 0.4) is 0 Å². The molecule has 0 aliphatic carbocycles. The van der Waals surface area contributed by atoms with Gasteiger partial charge in [-0.25, -0.2) is 9.18 Å². The Balaban J connectivity index is 1.47. The number of hydrogen-bond donors (Lipinski definition) is 0. The molecular weight excluding hydrogens is 414 g/mol. The molecule has 8 heteroatoms. The number of carbonyl (C=O) groups is 1. The number of carbonyl (C=O) groups excluding carboxylic acids is 1. The first-order valence-corrected chi connectivity index (χ1v) is 9.92. The van der Waals surface area contributed by atoms with E-state index in [0.29, 0.717) is 19.1 Å². The summed E-state index contributed by atoms with van der Waals surface area (Å²) in [6.45, 7) is 0.735. The summed E-state index contributed by atoms with van der Waals surface area (Å²) in [5, 5.41) is 0. The molecule has 0 saturated carbocycles. The van der Waals surface area contributed by atoms with Crippen molar-refractivity contribution in [1.82, 2.24) is 4.90 Å². The lowest BCUT2D eigenvalue weighted by atomic mass is 9.90. The van der Waals surface area contributed by atoms with Crippen molar-refractivity contribution in [3.8, 4) is 0 Å². The van der Waals surface area contributed by atoms with Crippen LogP contribution in [0.15, 0.2) is 60.2 Å². The van der Waals surface area contributed by atoms with Crippen LogP contribution in [0, 0.1) is 5.82 Å². The van der Waals surface area contributed by atoms with Crippen molar-refractivity contribution in [3.63, 3.8) is 0 Å². The van der Waals surface area contributed by atoms with E-state index in [1.54, 1.807) is 4.90 Å². The number of nitrogens with zero attached hydrogens (tertiary/aromatic N) is 1. The number of ether oxygens (including phenoxy) is 2. The van der Waals surface area contributed by atoms with E-state index in [1.807, 2.05) is 36.4 Å². The van der Waals surface area contributed by atoms with Gasteiger partial charge in [0.1, 0.15) is 12.4 Å². The van der Waals surface area contributed by atoms with Gasteiger partial charge >= 0.3 is 12.3 Å². The highest BCUT2D eigenvalue weighted by Gasteiger charge is 2.39. The van der Waals surface area contributed by atoms with Crippen LogP contribution in [0.1, 0.15) is 23.1 Å². The van der Waals surface area contributed by atoms with Crippen LogP contribution in [-0.2, 0) is 28.7 Å². The molecule has 4 nitrogen and oxygen atoms in total. The molecular formula is C23H21F4NO3. The van der Waals surface area contributed by atoms with Crippen LogP contribution in [0.4, 0.5) is 22.4 Å². The van der Waals surface area contributed by atoms with E-state index < -0.39 is 23.7 Å². The maximum atomic E-state index is 13.7. The highest BCUT2D eigenvalue weighted by atomic mass is 19.4. The number of amides is 1. The first kappa shape index (κ1) is 21.4. The van der Waals surface area contributed by atoms with E-state index in [4.69, 9.17) is 9.47 Å². The fourth-order valence-electron chi connectivity index (χ4n) is 4.07. The van der Waals surface area contributed by atoms with Gasteiger partial charge in [0, 0.05) is 0 Å². The predicted octanol–water partition coefficient (Wildman–Crippen LogP) is 5.12. The monoisotopic (exact) mass is 435 g/mol. The smallest absolute Gasteiger partial charge is 0.416 e. The van der Waals surface area contributed by atoms with E-state index >= 15 is 0 Å². The molecule has 1 saturated heterocycles. The molecule has 2 heterocycles. The number of morpholine rings is 1. The van der Waals surface area contributed by atoms with Crippen molar-refractivity contribution < 1.29 is 31.8 Å². The largest absolute Gasteiger partial charge is 0.445 e. The third-order valence-electron chi connectivity index (χ3n) is 5.41. The Morgan fingerprint density at radius 2 is 1.87 bits per heavy atom. The van der Waals surface area contributed by atoms with Crippen LogP contribution in [0.2, 0.25) is 0 Å². The van der Waals surface area contributed by atoms with Gasteiger partial charge in [0.15, 0.2) is 0 Å². The summed E-state index contributed by atoms with van der Waals surface area (Å²) < 4.78 is 63.7. The molecule has 1 fully saturated rings. The van der Waals surface area contributed by atoms with Gasteiger partial charge in [0.05, 0.1) is 30.9 Å². The number of benzene rings is 2. The molecule has 1 amide bonds. The molecule has 2 atom stereocenters. The van der Waals surface area contributed by atoms with Crippen molar-refractivity contribution in [1.29, 1.82) is 0 Å². The molecule has 2 unspecified atom stereocenters. The molecule has 0 N–H and O–H groups in total. The van der Waals surface area contributed by atoms with Crippen molar-refractivity contribution in [2.75, 3.05) is 13.2 Å². The predicted molar refractivity (Wildman–Crippen MR) is 105 cm³/mol. The van der Waals surface area contributed by atoms with Gasteiger partial charge < -0.3 is 9.47 Å². The van der Waals surface area contributed by atoms with Crippen molar-refractivity contribution in [3.05, 3.63) is 82.7 Å². The minimum atomic E-state index is -4.61. The van der Waals surface area contributed by atoms with Gasteiger partial charge in [-0.15, -0.1) is 0 Å². The summed E-state index contributed by atoms with van der Waals surface area (Å²) in [4.78, 5) is 14.3. The normalized spacial score (nSPS) is 20.9. The molecule has 4 rings (SSSR count). The Hall–Kier alpha value is -2.87. The molecule has 2 aliphatic heterocycles. The SMILES string of the molecule is O=C(OCc1ccccc1)N1C2C=C(Cc3cc(F)cc(C(F)(F)F)c3)CC1COC2. The Labute approximate surface area is 177 Å². The van der Waals surface area contributed by atoms with Gasteiger partial charge in [0.25, 0.3) is 0 Å². The zero-order valence-electron chi connectivity index (χ0n) is 16.6. The van der Waals surface area contributed by atoms with Gasteiger partial charge in [-0.05, 0) is 42.2 Å². The summed E-state index contributed by atoms with van der Waals surface area (Å²) in [5.41, 5.74) is 0.965. The van der Waals surface area contributed by atoms with Crippen LogP contribution in [-0.4, -0.2) is 36.3 Å². The summed E-state index contributed by atoms with van der Waals surface area (Å²) >= 11 is 0. The van der Waals surface area contributed by atoms with Crippen molar-refractivity contribution in [2.45, 2.75) is 37.7 Å². The maximum Gasteiger partial charge on any atom is 0.416 e. The first-order chi connectivity index (χ1) is 14.8. The summed E-state index contributed by atoms with van der Waals surface area (Å²) in [6.07, 6.45) is -2.64. The number of rotatable bonds is 4. The van der Waals surface area contributed by atoms with Gasteiger partial charge in [-0.1, -0.05) is 42.0 Å². The molecule has 2 aromatic carbocycles. The fourth-order valence-corrected chi connectivity index (χ4v) is 4.07. The molecule has 2 aromatic rings. The Bertz CT molecular complexity index is 975. The maximum absolute atomic E-state index is 13.7. The molecule has 0 radical (unpaired) electrons. The van der Waals surface area contributed by atoms with E-state index in [-0.39, 0.29) is 37.3 Å². The average molecular weight is 435 g/mol. The zero-order chi connectivity index (χ0) is 22.0. The third-order valence-corrected chi connectivity index (χ3v) is 5.41. The summed E-state index contributed by atoms with van der Waals surface area (Å²) in [7, 11) is 0. The highest BCUT2D eigenvalue weighted by Crippen LogP contribution is 2.33. The number of halogens is 4. The van der Waals surface area contributed by atoms with E-state index in [1.165, 1.54) is 0 Å². The van der Waals surface area contributed by atoms with E-state index in [2.05, 4.69) is 0 Å². The Morgan fingerprint density at radius 3 is 2.58 bits per heavy atom. The molecule has 0 aromatic heterocycles. The lowest BCUT2D eigenvalue weighted by Gasteiger charge is -2.43. The van der Waals surface area contributed by atoms with E-state index in [0.717, 1.165) is 23.3 Å². The standard InChI is InChI=1S/C23H21F4NO3/c24-19-8-16(7-18(11-19)23(25,26)27)6-17-9-20-13-30-14-21(10-17)28(20)22(29)31-12-15-4-2-1-3-5-15/h1-5,7-9,11,20-21H,6,10,12-14H2. The Morgan fingerprint density at radius 1 is 1.10 bits per heavy atom. The average Bonchev–Trinajstić information content (AvgIpc) is 2.71. The number of fused-ring (bicyclic) bond motifs is 2. The second kappa shape index (κ2) is 8.70. The molecule has 164 valence electrons. The van der Waals surface area contributed by atoms with Gasteiger partial charge in [-0.2, -0.15) is 13.2 Å². The highest BCUT2D eigenvalue weighted by molar-refractivity contribution is 5.69. The second-order valence-corrected chi connectivity index (χ2v) is 7.76. The molecule has 2 aliphatic rings. The molecule has 31 heavy (non-hydrogen) atoms. The topological polar surface area (TPSA) is 38.8 Å². The van der Waals surface area contributed by atoms with Crippen LogP contribution >= 0.6 is 0 Å². The van der Waals surface area contributed by atoms with Crippen LogP contribution < -0.4 is 0 Å². The fraction of sp³-hybridized carbons (Fsp3) is 0.348. The van der Waals surface area contributed by atoms with Crippen molar-refractivity contribution in [2.24, 2.45) is 0 Å². The molecule has 0 spiro atoms. The lowest BCUT2D eigenvalue weighted by molar-refractivity contribution is -0.137. The van der Waals surface area contributed by atoms with Crippen LogP contribution in [0.5, 0.6) is 0 Å². The van der Waals surface area contributed by atoms with Crippen LogP contribution in [0.25, 0.3) is 0 Å². The summed E-state index contributed by atoms with van der Waals surface area (Å²) in [5.74, 6) is -0.920. The quantitative estimate of drug-likeness (QED) is 0.494. The lowest BCUT2D eigenvalue weighted by Crippen LogP contribution is -2.56. The van der Waals surface area contributed by atoms with Crippen molar-refractivity contribution >= 4 is 6.09 Å². The van der Waals surface area contributed by atoms with E-state index in [9.17, 15) is 22.4 Å². The zero-order valence-corrected chi connectivity index (χ0v) is 16.6. The van der Waals surface area contributed by atoms with Gasteiger partial charge in [-0.3, -0.25) is 4.90 Å². The number of hydrogen-bond acceptors (Lipinski definition) is 3. The van der Waals surface area contributed by atoms with Gasteiger partial charge in [0.2, 0.25) is 0 Å². The minimum Gasteiger partial charge on any atom is -0.445 e. The first-order valence-electron chi connectivity index (χ1n) is 9.92. The second-order valence-electron chi connectivity index (χ2n) is 7.76. The Kier molecular flexibility index (Phi) is 6.00. The summed E-state index contributed by atoms with van der Waals surface area (Å²) in [6, 6.07) is 11.2. The molecule has 2 bridgehead atoms. The number of alkyl halides is 3. The third kappa shape index (κ3) is 5.07.